The van der Waals surface area contributed by atoms with Crippen molar-refractivity contribution in [2.45, 2.75) is 45.6 Å². The summed E-state index contributed by atoms with van der Waals surface area (Å²) in [6, 6.07) is 7.25. The minimum atomic E-state index is -4.30. The predicted octanol–water partition coefficient (Wildman–Crippen LogP) is 4.03. The summed E-state index contributed by atoms with van der Waals surface area (Å²) in [5.74, 6) is 1.73. The normalized spacial score (nSPS) is 11.8. The molecule has 0 atom stereocenters. The van der Waals surface area contributed by atoms with Crippen LogP contribution in [0, 0.1) is 6.92 Å². The van der Waals surface area contributed by atoms with Gasteiger partial charge in [0.15, 0.2) is 5.96 Å². The van der Waals surface area contributed by atoms with Gasteiger partial charge in [-0.2, -0.15) is 13.2 Å². The number of rotatable bonds is 10. The van der Waals surface area contributed by atoms with Gasteiger partial charge in [0, 0.05) is 39.1 Å². The van der Waals surface area contributed by atoms with Crippen LogP contribution < -0.4 is 10.6 Å². The standard InChI is InChI=1S/C20H28F3N5O.HI/c1-16-25-10-12-28(16)11-4-3-9-26-19(24-2)27-13-17-5-7-18(8-6-17)14-29-15-20(21,22)23;/h5-8,10,12H,3-4,9,11,13-15H2,1-2H3,(H2,24,26,27);1H. The van der Waals surface area contributed by atoms with Crippen molar-refractivity contribution in [3.8, 4) is 0 Å². The maximum Gasteiger partial charge on any atom is 0.411 e. The van der Waals surface area contributed by atoms with E-state index >= 15 is 0 Å². The van der Waals surface area contributed by atoms with Gasteiger partial charge in [0.05, 0.1) is 6.61 Å². The van der Waals surface area contributed by atoms with E-state index in [0.29, 0.717) is 18.1 Å². The number of nitrogens with one attached hydrogen (secondary N) is 2. The molecular weight excluding hydrogens is 510 g/mol. The van der Waals surface area contributed by atoms with E-state index in [1.54, 1.807) is 25.4 Å². The summed E-state index contributed by atoms with van der Waals surface area (Å²) < 4.78 is 43.1. The smallest absolute Gasteiger partial charge is 0.367 e. The highest BCUT2D eigenvalue weighted by Gasteiger charge is 2.27. The summed E-state index contributed by atoms with van der Waals surface area (Å²) in [6.07, 6.45) is 1.54. The highest BCUT2D eigenvalue weighted by molar-refractivity contribution is 14.0. The van der Waals surface area contributed by atoms with Gasteiger partial charge in [0.2, 0.25) is 0 Å². The molecule has 2 rings (SSSR count). The maximum absolute atomic E-state index is 12.1. The van der Waals surface area contributed by atoms with E-state index in [9.17, 15) is 13.2 Å². The van der Waals surface area contributed by atoms with Crippen LogP contribution in [0.25, 0.3) is 0 Å². The average molecular weight is 539 g/mol. The minimum absolute atomic E-state index is 0. The molecule has 10 heteroatoms. The Morgan fingerprint density at radius 1 is 1.13 bits per heavy atom. The number of aryl methyl sites for hydroxylation is 2. The van der Waals surface area contributed by atoms with E-state index in [1.165, 1.54) is 0 Å². The first-order valence-electron chi connectivity index (χ1n) is 9.52. The molecule has 1 aromatic carbocycles. The van der Waals surface area contributed by atoms with Crippen LogP contribution in [0.15, 0.2) is 41.7 Å². The molecular formula is C20H29F3IN5O. The van der Waals surface area contributed by atoms with Crippen molar-refractivity contribution in [2.24, 2.45) is 4.99 Å². The number of imidazole rings is 1. The highest BCUT2D eigenvalue weighted by Crippen LogP contribution is 2.15. The summed E-state index contributed by atoms with van der Waals surface area (Å²) in [4.78, 5) is 8.40. The van der Waals surface area contributed by atoms with E-state index in [2.05, 4.69) is 29.9 Å². The van der Waals surface area contributed by atoms with Gasteiger partial charge in [-0.05, 0) is 30.9 Å². The van der Waals surface area contributed by atoms with Gasteiger partial charge in [-0.15, -0.1) is 24.0 Å². The van der Waals surface area contributed by atoms with Crippen LogP contribution in [0.1, 0.15) is 29.8 Å². The molecule has 0 amide bonds. The van der Waals surface area contributed by atoms with Crippen molar-refractivity contribution in [1.82, 2.24) is 20.2 Å². The first kappa shape index (κ1) is 26.2. The SMILES string of the molecule is CN=C(NCCCCn1ccnc1C)NCc1ccc(COCC(F)(F)F)cc1.I. The predicted molar refractivity (Wildman–Crippen MR) is 122 cm³/mol. The average Bonchev–Trinajstić information content (AvgIpc) is 3.09. The second kappa shape index (κ2) is 13.5. The summed E-state index contributed by atoms with van der Waals surface area (Å²) in [5, 5.41) is 6.50. The molecule has 0 aliphatic carbocycles. The van der Waals surface area contributed by atoms with Gasteiger partial charge >= 0.3 is 6.18 Å². The fraction of sp³-hybridized carbons (Fsp3) is 0.500. The van der Waals surface area contributed by atoms with Crippen LogP contribution in [0.2, 0.25) is 0 Å². The minimum Gasteiger partial charge on any atom is -0.367 e. The number of ether oxygens (including phenoxy) is 1. The third kappa shape index (κ3) is 10.3. The van der Waals surface area contributed by atoms with E-state index in [1.807, 2.05) is 25.3 Å². The number of hydrogen-bond acceptors (Lipinski definition) is 3. The van der Waals surface area contributed by atoms with Crippen molar-refractivity contribution >= 4 is 29.9 Å². The fourth-order valence-corrected chi connectivity index (χ4v) is 2.70. The van der Waals surface area contributed by atoms with Crippen LogP contribution in [-0.2, 0) is 24.4 Å². The molecule has 1 aromatic heterocycles. The summed E-state index contributed by atoms with van der Waals surface area (Å²) in [7, 11) is 1.71. The van der Waals surface area contributed by atoms with Gasteiger partial charge in [-0.1, -0.05) is 24.3 Å². The van der Waals surface area contributed by atoms with Gasteiger partial charge < -0.3 is 19.9 Å². The molecule has 1 heterocycles. The maximum atomic E-state index is 12.1. The number of unbranched alkanes of at least 4 members (excludes halogenated alkanes) is 1. The van der Waals surface area contributed by atoms with Gasteiger partial charge in [0.25, 0.3) is 0 Å². The molecule has 2 N–H and O–H groups in total. The molecule has 0 saturated heterocycles. The Morgan fingerprint density at radius 3 is 2.43 bits per heavy atom. The van der Waals surface area contributed by atoms with Gasteiger partial charge in [-0.3, -0.25) is 4.99 Å². The molecule has 0 aliphatic rings. The summed E-state index contributed by atoms with van der Waals surface area (Å²) >= 11 is 0. The molecule has 6 nitrogen and oxygen atoms in total. The Morgan fingerprint density at radius 2 is 1.83 bits per heavy atom. The molecule has 0 unspecified atom stereocenters. The van der Waals surface area contributed by atoms with Crippen LogP contribution >= 0.6 is 24.0 Å². The third-order valence-corrected chi connectivity index (χ3v) is 4.28. The molecule has 30 heavy (non-hydrogen) atoms. The zero-order valence-electron chi connectivity index (χ0n) is 17.2. The zero-order chi connectivity index (χ0) is 21.1. The second-order valence-corrected chi connectivity index (χ2v) is 6.65. The quantitative estimate of drug-likeness (QED) is 0.207. The molecule has 168 valence electrons. The summed E-state index contributed by atoms with van der Waals surface area (Å²) in [5.41, 5.74) is 1.71. The van der Waals surface area contributed by atoms with E-state index in [-0.39, 0.29) is 30.6 Å². The second-order valence-electron chi connectivity index (χ2n) is 6.65. The van der Waals surface area contributed by atoms with Gasteiger partial charge in [-0.25, -0.2) is 4.98 Å². The fourth-order valence-electron chi connectivity index (χ4n) is 2.70. The molecule has 0 radical (unpaired) electrons. The van der Waals surface area contributed by atoms with Crippen LogP contribution in [0.3, 0.4) is 0 Å². The molecule has 0 saturated carbocycles. The number of benzene rings is 1. The topological polar surface area (TPSA) is 63.5 Å². The van der Waals surface area contributed by atoms with E-state index < -0.39 is 12.8 Å². The largest absolute Gasteiger partial charge is 0.411 e. The Hall–Kier alpha value is -1.82. The number of guanidine groups is 1. The van der Waals surface area contributed by atoms with E-state index in [0.717, 1.165) is 37.3 Å². The highest BCUT2D eigenvalue weighted by atomic mass is 127. The van der Waals surface area contributed by atoms with Crippen molar-refractivity contribution in [2.75, 3.05) is 20.2 Å². The monoisotopic (exact) mass is 539 g/mol. The Balaban J connectivity index is 0.00000450. The van der Waals surface area contributed by atoms with Crippen LogP contribution in [-0.4, -0.2) is 41.9 Å². The van der Waals surface area contributed by atoms with Crippen LogP contribution in [0.5, 0.6) is 0 Å². The number of alkyl halides is 3. The number of halogens is 4. The lowest BCUT2D eigenvalue weighted by atomic mass is 10.1. The first-order valence-corrected chi connectivity index (χ1v) is 9.52. The summed E-state index contributed by atoms with van der Waals surface area (Å²) in [6.45, 7) is 3.01. The molecule has 0 spiro atoms. The van der Waals surface area contributed by atoms with Crippen LogP contribution in [0.4, 0.5) is 13.2 Å². The molecule has 0 aliphatic heterocycles. The molecule has 0 bridgehead atoms. The third-order valence-electron chi connectivity index (χ3n) is 4.28. The number of aliphatic imine (C=N–C) groups is 1. The Labute approximate surface area is 192 Å². The lowest BCUT2D eigenvalue weighted by Gasteiger charge is -2.13. The Bertz CT molecular complexity index is 763. The first-order chi connectivity index (χ1) is 13.9. The van der Waals surface area contributed by atoms with Gasteiger partial charge in [0.1, 0.15) is 12.4 Å². The number of hydrogen-bond donors (Lipinski definition) is 2. The lowest BCUT2D eigenvalue weighted by molar-refractivity contribution is -0.176. The Kier molecular flexibility index (Phi) is 11.8. The zero-order valence-corrected chi connectivity index (χ0v) is 19.5. The van der Waals surface area contributed by atoms with Crippen molar-refractivity contribution in [1.29, 1.82) is 0 Å². The molecule has 2 aromatic rings. The van der Waals surface area contributed by atoms with Crippen molar-refractivity contribution in [3.05, 3.63) is 53.6 Å². The number of nitrogens with zero attached hydrogens (tertiary/aromatic N) is 3. The lowest BCUT2D eigenvalue weighted by Crippen LogP contribution is -2.37. The van der Waals surface area contributed by atoms with Crippen molar-refractivity contribution in [3.63, 3.8) is 0 Å². The van der Waals surface area contributed by atoms with E-state index in [4.69, 9.17) is 0 Å². The number of aromatic nitrogens is 2. The van der Waals surface area contributed by atoms with Crippen molar-refractivity contribution < 1.29 is 17.9 Å². The molecule has 0 fully saturated rings.